The lowest BCUT2D eigenvalue weighted by Crippen LogP contribution is -2.09. The van der Waals surface area contributed by atoms with Crippen LogP contribution < -0.4 is 14.8 Å². The highest BCUT2D eigenvalue weighted by atomic mass is 127. The van der Waals surface area contributed by atoms with Crippen LogP contribution in [-0.4, -0.2) is 38.6 Å². The van der Waals surface area contributed by atoms with Crippen LogP contribution in [0.15, 0.2) is 48.5 Å². The summed E-state index contributed by atoms with van der Waals surface area (Å²) in [6.07, 6.45) is 1.76. The smallest absolute Gasteiger partial charge is 0.299 e. The molecule has 0 amide bonds. The van der Waals surface area contributed by atoms with Crippen LogP contribution in [0, 0.1) is 7.14 Å². The molecule has 4 rings (SSSR count). The van der Waals surface area contributed by atoms with Gasteiger partial charge in [-0.2, -0.15) is 11.8 Å². The molecule has 33 heavy (non-hydrogen) atoms. The number of ether oxygens (including phenoxy) is 2. The Morgan fingerprint density at radius 3 is 2.15 bits per heavy atom. The first kappa shape index (κ1) is 24.9. The molecule has 172 valence electrons. The summed E-state index contributed by atoms with van der Waals surface area (Å²) in [7, 11) is 0. The molecule has 0 spiro atoms. The van der Waals surface area contributed by atoms with E-state index in [1.165, 1.54) is 11.3 Å². The van der Waals surface area contributed by atoms with E-state index in [-0.39, 0.29) is 0 Å². The Morgan fingerprint density at radius 1 is 0.788 bits per heavy atom. The summed E-state index contributed by atoms with van der Waals surface area (Å²) in [4.78, 5) is 0. The normalized spacial score (nSPS) is 10.8. The van der Waals surface area contributed by atoms with Crippen molar-refractivity contribution < 1.29 is 9.47 Å². The van der Waals surface area contributed by atoms with Crippen molar-refractivity contribution in [1.82, 2.24) is 20.4 Å². The fourth-order valence-electron chi connectivity index (χ4n) is 2.59. The molecule has 0 saturated carbocycles. The highest BCUT2D eigenvalue weighted by Gasteiger charge is 2.09. The van der Waals surface area contributed by atoms with Crippen LogP contribution in [0.3, 0.4) is 0 Å². The molecule has 0 aliphatic rings. The van der Waals surface area contributed by atoms with E-state index in [1.807, 2.05) is 60.3 Å². The number of anilines is 1. The first-order valence-electron chi connectivity index (χ1n) is 9.93. The Morgan fingerprint density at radius 2 is 1.42 bits per heavy atom. The number of halogens is 2. The van der Waals surface area contributed by atoms with Crippen molar-refractivity contribution in [3.05, 3.63) is 65.7 Å². The zero-order valence-corrected chi connectivity index (χ0v) is 24.0. The van der Waals surface area contributed by atoms with Crippen LogP contribution in [0.1, 0.15) is 10.0 Å². The molecular weight excluding hydrogens is 704 g/mol. The average Bonchev–Trinajstić information content (AvgIpc) is 3.46. The van der Waals surface area contributed by atoms with Gasteiger partial charge < -0.3 is 14.8 Å². The molecule has 0 aliphatic carbocycles. The third-order valence-corrected chi connectivity index (χ3v) is 8.73. The summed E-state index contributed by atoms with van der Waals surface area (Å²) < 4.78 is 13.7. The second-order valence-corrected chi connectivity index (χ2v) is 12.1. The Hall–Kier alpha value is -1.23. The van der Waals surface area contributed by atoms with E-state index < -0.39 is 0 Å². The van der Waals surface area contributed by atoms with Crippen LogP contribution in [0.25, 0.3) is 0 Å². The Labute approximate surface area is 231 Å². The first-order chi connectivity index (χ1) is 16.2. The minimum atomic E-state index is 0.361. The van der Waals surface area contributed by atoms with Crippen molar-refractivity contribution in [2.45, 2.75) is 12.8 Å². The quantitative estimate of drug-likeness (QED) is 0.103. The molecule has 0 aliphatic heterocycles. The molecule has 2 aromatic carbocycles. The molecule has 0 unspecified atom stereocenters. The molecule has 0 fully saturated rings. The lowest BCUT2D eigenvalue weighted by atomic mass is 10.3. The van der Waals surface area contributed by atoms with Crippen molar-refractivity contribution in [3.8, 4) is 16.7 Å². The maximum Gasteiger partial charge on any atom is 0.299 e. The summed E-state index contributed by atoms with van der Waals surface area (Å²) in [6.45, 7) is 0.361. The van der Waals surface area contributed by atoms with E-state index in [9.17, 15) is 0 Å². The van der Waals surface area contributed by atoms with E-state index in [0.29, 0.717) is 11.9 Å². The Bertz CT molecular complexity index is 1170. The summed E-state index contributed by atoms with van der Waals surface area (Å²) in [6, 6.07) is 15.8. The van der Waals surface area contributed by atoms with Crippen LogP contribution >= 0.6 is 79.6 Å². The second kappa shape index (κ2) is 13.0. The molecular formula is C21H19I2N5O2S3. The molecule has 12 heteroatoms. The zero-order chi connectivity index (χ0) is 22.9. The Balaban J connectivity index is 1.12. The predicted molar refractivity (Wildman–Crippen MR) is 152 cm³/mol. The number of hydrogen-bond acceptors (Lipinski definition) is 10. The van der Waals surface area contributed by atoms with Gasteiger partial charge in [0.25, 0.3) is 5.19 Å². The number of nitrogens with zero attached hydrogens (tertiary/aromatic N) is 4. The maximum absolute atomic E-state index is 5.84. The van der Waals surface area contributed by atoms with Crippen molar-refractivity contribution in [1.29, 1.82) is 0 Å². The third kappa shape index (κ3) is 7.90. The summed E-state index contributed by atoms with van der Waals surface area (Å²) >= 11 is 9.45. The molecule has 0 bridgehead atoms. The first-order valence-corrected chi connectivity index (χ1v) is 14.9. The van der Waals surface area contributed by atoms with Gasteiger partial charge in [-0.1, -0.05) is 52.0 Å². The molecule has 7 nitrogen and oxygen atoms in total. The number of aryl methyl sites for hydroxylation is 2. The van der Waals surface area contributed by atoms with Gasteiger partial charge >= 0.3 is 0 Å². The second-order valence-electron chi connectivity index (χ2n) is 6.50. The highest BCUT2D eigenvalue weighted by molar-refractivity contribution is 14.1. The maximum atomic E-state index is 5.84. The van der Waals surface area contributed by atoms with Crippen LogP contribution in [0.5, 0.6) is 16.7 Å². The Kier molecular flexibility index (Phi) is 9.81. The lowest BCUT2D eigenvalue weighted by Gasteiger charge is -2.07. The van der Waals surface area contributed by atoms with Crippen molar-refractivity contribution in [2.24, 2.45) is 0 Å². The van der Waals surface area contributed by atoms with Gasteiger partial charge in [-0.15, -0.1) is 15.3 Å². The van der Waals surface area contributed by atoms with Crippen LogP contribution in [-0.2, 0) is 12.8 Å². The third-order valence-electron chi connectivity index (χ3n) is 4.16. The van der Waals surface area contributed by atoms with E-state index in [0.717, 1.165) is 58.1 Å². The summed E-state index contributed by atoms with van der Waals surface area (Å²) in [5.74, 6) is 3.63. The number of rotatable bonds is 12. The number of para-hydroxylation sites is 2. The number of aromatic nitrogens is 4. The molecule has 2 heterocycles. The zero-order valence-electron chi connectivity index (χ0n) is 17.2. The van der Waals surface area contributed by atoms with E-state index >= 15 is 0 Å². The molecule has 2 aromatic heterocycles. The number of thioether (sulfide) groups is 1. The molecule has 1 N–H and O–H groups in total. The van der Waals surface area contributed by atoms with Gasteiger partial charge in [0.1, 0.15) is 21.5 Å². The van der Waals surface area contributed by atoms with E-state index in [1.54, 1.807) is 11.3 Å². The summed E-state index contributed by atoms with van der Waals surface area (Å²) in [5, 5.41) is 23.4. The number of benzene rings is 2. The fourth-order valence-corrected chi connectivity index (χ4v) is 6.19. The van der Waals surface area contributed by atoms with E-state index in [4.69, 9.17) is 9.47 Å². The minimum Gasteiger partial charge on any atom is -0.472 e. The lowest BCUT2D eigenvalue weighted by molar-refractivity contribution is 0.344. The monoisotopic (exact) mass is 723 g/mol. The standard InChI is InChI=1S/C21H19I2N5O2S3/c22-14-5-1-3-7-16(14)29-13-24-20-27-25-18(32-20)9-11-31-12-10-19-26-28-21(33-19)30-17-8-4-2-6-15(17)23/h1-8H,9-13H2,(H,24,27). The van der Waals surface area contributed by atoms with Gasteiger partial charge in [0.2, 0.25) is 5.13 Å². The van der Waals surface area contributed by atoms with Gasteiger partial charge in [0, 0.05) is 12.8 Å². The van der Waals surface area contributed by atoms with Gasteiger partial charge in [0.15, 0.2) is 6.73 Å². The SMILES string of the molecule is Ic1ccccc1OCNc1nnc(CCSCCc2nnc(Oc3ccccc3I)s2)s1. The topological polar surface area (TPSA) is 82.0 Å². The number of nitrogens with one attached hydrogen (secondary N) is 1. The average molecular weight is 723 g/mol. The fraction of sp³-hybridized carbons (Fsp3) is 0.238. The highest BCUT2D eigenvalue weighted by Crippen LogP contribution is 2.29. The van der Waals surface area contributed by atoms with Gasteiger partial charge in [0.05, 0.1) is 7.14 Å². The number of hydrogen-bond donors (Lipinski definition) is 1. The largest absolute Gasteiger partial charge is 0.472 e. The summed E-state index contributed by atoms with van der Waals surface area (Å²) in [5.41, 5.74) is 0. The van der Waals surface area contributed by atoms with Crippen molar-refractivity contribution in [2.75, 3.05) is 23.6 Å². The van der Waals surface area contributed by atoms with Gasteiger partial charge in [-0.3, -0.25) is 0 Å². The van der Waals surface area contributed by atoms with Crippen molar-refractivity contribution in [3.63, 3.8) is 0 Å². The van der Waals surface area contributed by atoms with Crippen LogP contribution in [0.2, 0.25) is 0 Å². The van der Waals surface area contributed by atoms with Gasteiger partial charge in [-0.25, -0.2) is 0 Å². The van der Waals surface area contributed by atoms with Gasteiger partial charge in [-0.05, 0) is 81.0 Å². The molecule has 0 saturated heterocycles. The van der Waals surface area contributed by atoms with E-state index in [2.05, 4.69) is 70.9 Å². The molecule has 0 atom stereocenters. The molecule has 0 radical (unpaired) electrons. The van der Waals surface area contributed by atoms with Crippen molar-refractivity contribution >= 4 is 84.7 Å². The molecule has 4 aromatic rings. The van der Waals surface area contributed by atoms with Crippen LogP contribution in [0.4, 0.5) is 5.13 Å². The predicted octanol–water partition coefficient (Wildman–Crippen LogP) is 6.36. The minimum absolute atomic E-state index is 0.361.